The predicted octanol–water partition coefficient (Wildman–Crippen LogP) is 2.36. The summed E-state index contributed by atoms with van der Waals surface area (Å²) in [4.78, 5) is 12.3. The van der Waals surface area contributed by atoms with E-state index in [1.165, 1.54) is 0 Å². The van der Waals surface area contributed by atoms with Crippen LogP contribution >= 0.6 is 0 Å². The van der Waals surface area contributed by atoms with Gasteiger partial charge in [0.15, 0.2) is 0 Å². The maximum atomic E-state index is 10.3. The third-order valence-corrected chi connectivity index (χ3v) is 1.56. The Balaban J connectivity index is 4.22. The molecule has 0 radical (unpaired) electrons. The third-order valence-electron chi connectivity index (χ3n) is 1.56. The molecule has 0 saturated heterocycles. The maximum Gasteiger partial charge on any atom is 0.145 e. The van der Waals surface area contributed by atoms with Crippen LogP contribution < -0.4 is 0 Å². The monoisotopic (exact) mass is 167 g/mol. The smallest absolute Gasteiger partial charge is 0.145 e. The van der Waals surface area contributed by atoms with Gasteiger partial charge in [0, 0.05) is 12.7 Å². The van der Waals surface area contributed by atoms with Gasteiger partial charge in [-0.05, 0) is 19.8 Å². The van der Waals surface area contributed by atoms with E-state index in [1.807, 2.05) is 23.1 Å². The van der Waals surface area contributed by atoms with Gasteiger partial charge in [-0.25, -0.2) is 4.79 Å². The standard InChI is InChI=1S/C10H17NO/c1-4-6-8-11(7-5-2)10(3)9-12/h6,8H,4-5,7H2,1-3H3. The van der Waals surface area contributed by atoms with Gasteiger partial charge in [-0.2, -0.15) is 0 Å². The summed E-state index contributed by atoms with van der Waals surface area (Å²) >= 11 is 0. The Morgan fingerprint density at radius 1 is 1.50 bits per heavy atom. The normalized spacial score (nSPS) is 9.92. The van der Waals surface area contributed by atoms with E-state index in [2.05, 4.69) is 13.8 Å². The van der Waals surface area contributed by atoms with Crippen molar-refractivity contribution in [2.45, 2.75) is 33.6 Å². The Hall–Kier alpha value is -1.01. The lowest BCUT2D eigenvalue weighted by Crippen LogP contribution is -2.15. The summed E-state index contributed by atoms with van der Waals surface area (Å²) in [5.41, 5.74) is 0.654. The van der Waals surface area contributed by atoms with Crippen LogP contribution in [-0.2, 0) is 4.79 Å². The van der Waals surface area contributed by atoms with Crippen molar-refractivity contribution in [1.82, 2.24) is 4.90 Å². The zero-order chi connectivity index (χ0) is 9.40. The molecule has 2 heteroatoms. The van der Waals surface area contributed by atoms with Gasteiger partial charge in [0.25, 0.3) is 0 Å². The molecule has 68 valence electrons. The Labute approximate surface area is 74.6 Å². The average Bonchev–Trinajstić information content (AvgIpc) is 2.11. The average molecular weight is 167 g/mol. The molecule has 0 aliphatic heterocycles. The summed E-state index contributed by atoms with van der Waals surface area (Å²) in [6.45, 7) is 6.83. The van der Waals surface area contributed by atoms with Gasteiger partial charge in [-0.1, -0.05) is 19.9 Å². The van der Waals surface area contributed by atoms with E-state index in [9.17, 15) is 4.79 Å². The fraction of sp³-hybridized carbons (Fsp3) is 0.600. The summed E-state index contributed by atoms with van der Waals surface area (Å²) in [7, 11) is 0. The number of hydrogen-bond acceptors (Lipinski definition) is 2. The van der Waals surface area contributed by atoms with E-state index in [1.54, 1.807) is 6.92 Å². The molecule has 0 aromatic heterocycles. The lowest BCUT2D eigenvalue weighted by Gasteiger charge is -2.16. The maximum absolute atomic E-state index is 10.3. The molecule has 0 rings (SSSR count). The molecule has 0 atom stereocenters. The second-order valence-electron chi connectivity index (χ2n) is 2.67. The zero-order valence-corrected chi connectivity index (χ0v) is 8.13. The van der Waals surface area contributed by atoms with Gasteiger partial charge < -0.3 is 4.90 Å². The van der Waals surface area contributed by atoms with Crippen molar-refractivity contribution in [3.8, 4) is 0 Å². The molecule has 0 aliphatic rings. The van der Waals surface area contributed by atoms with Crippen molar-refractivity contribution in [3.63, 3.8) is 0 Å². The first-order valence-corrected chi connectivity index (χ1v) is 4.41. The van der Waals surface area contributed by atoms with Gasteiger partial charge in [0.1, 0.15) is 5.94 Å². The van der Waals surface area contributed by atoms with Crippen molar-refractivity contribution in [1.29, 1.82) is 0 Å². The van der Waals surface area contributed by atoms with E-state index in [4.69, 9.17) is 0 Å². The van der Waals surface area contributed by atoms with Crippen LogP contribution in [0.5, 0.6) is 0 Å². The molecular weight excluding hydrogens is 150 g/mol. The van der Waals surface area contributed by atoms with Crippen LogP contribution in [0, 0.1) is 0 Å². The molecular formula is C10H17NO. The minimum Gasteiger partial charge on any atom is -0.343 e. The Bertz CT molecular complexity index is 190. The molecule has 0 heterocycles. The molecule has 0 aromatic carbocycles. The second kappa shape index (κ2) is 6.68. The summed E-state index contributed by atoms with van der Waals surface area (Å²) < 4.78 is 0. The summed E-state index contributed by atoms with van der Waals surface area (Å²) in [6, 6.07) is 0. The van der Waals surface area contributed by atoms with Gasteiger partial charge >= 0.3 is 0 Å². The SMILES string of the molecule is CCC=CN(CCC)C(C)=C=O. The van der Waals surface area contributed by atoms with E-state index in [0.717, 1.165) is 19.4 Å². The van der Waals surface area contributed by atoms with Gasteiger partial charge in [0.05, 0.1) is 5.70 Å². The molecule has 0 unspecified atom stereocenters. The van der Waals surface area contributed by atoms with Crippen molar-refractivity contribution >= 4 is 5.94 Å². The highest BCUT2D eigenvalue weighted by molar-refractivity contribution is 5.50. The topological polar surface area (TPSA) is 20.3 Å². The number of allylic oxidation sites excluding steroid dienone is 2. The molecule has 0 bridgehead atoms. The third kappa shape index (κ3) is 3.99. The van der Waals surface area contributed by atoms with Crippen LogP contribution in [0.15, 0.2) is 18.0 Å². The van der Waals surface area contributed by atoms with Crippen molar-refractivity contribution in [2.75, 3.05) is 6.54 Å². The molecule has 0 aromatic rings. The van der Waals surface area contributed by atoms with Crippen LogP contribution in [0.25, 0.3) is 0 Å². The van der Waals surface area contributed by atoms with E-state index >= 15 is 0 Å². The van der Waals surface area contributed by atoms with Crippen LogP contribution in [0.4, 0.5) is 0 Å². The lowest BCUT2D eigenvalue weighted by molar-refractivity contribution is 0.459. The van der Waals surface area contributed by atoms with Crippen molar-refractivity contribution in [2.24, 2.45) is 0 Å². The highest BCUT2D eigenvalue weighted by Crippen LogP contribution is 2.02. The number of rotatable bonds is 5. The van der Waals surface area contributed by atoms with Crippen molar-refractivity contribution < 1.29 is 4.79 Å². The fourth-order valence-corrected chi connectivity index (χ4v) is 0.886. The molecule has 0 saturated carbocycles. The quantitative estimate of drug-likeness (QED) is 0.586. The lowest BCUT2D eigenvalue weighted by atomic mass is 10.3. The highest BCUT2D eigenvalue weighted by Gasteiger charge is 1.99. The molecule has 0 fully saturated rings. The van der Waals surface area contributed by atoms with Crippen LogP contribution in [0.1, 0.15) is 33.6 Å². The molecule has 12 heavy (non-hydrogen) atoms. The number of carbonyl (C=O) groups excluding carboxylic acids is 1. The Morgan fingerprint density at radius 3 is 2.58 bits per heavy atom. The minimum absolute atomic E-state index is 0.654. The number of hydrogen-bond donors (Lipinski definition) is 0. The van der Waals surface area contributed by atoms with Crippen LogP contribution in [-0.4, -0.2) is 17.4 Å². The fourth-order valence-electron chi connectivity index (χ4n) is 0.886. The van der Waals surface area contributed by atoms with Gasteiger partial charge in [-0.15, -0.1) is 0 Å². The van der Waals surface area contributed by atoms with Crippen molar-refractivity contribution in [3.05, 3.63) is 18.0 Å². The van der Waals surface area contributed by atoms with E-state index in [0.29, 0.717) is 5.70 Å². The summed E-state index contributed by atoms with van der Waals surface area (Å²) in [5.74, 6) is 1.90. The largest absolute Gasteiger partial charge is 0.343 e. The van der Waals surface area contributed by atoms with E-state index in [-0.39, 0.29) is 0 Å². The van der Waals surface area contributed by atoms with Gasteiger partial charge in [-0.3, -0.25) is 0 Å². The first kappa shape index (κ1) is 11.0. The minimum atomic E-state index is 0.654. The highest BCUT2D eigenvalue weighted by atomic mass is 16.1. The van der Waals surface area contributed by atoms with Gasteiger partial charge in [0.2, 0.25) is 0 Å². The Kier molecular flexibility index (Phi) is 6.12. The Morgan fingerprint density at radius 2 is 2.17 bits per heavy atom. The molecule has 0 aliphatic carbocycles. The molecule has 0 amide bonds. The van der Waals surface area contributed by atoms with Crippen LogP contribution in [0.2, 0.25) is 0 Å². The molecule has 0 N–H and O–H groups in total. The van der Waals surface area contributed by atoms with E-state index < -0.39 is 0 Å². The first-order valence-electron chi connectivity index (χ1n) is 4.41. The summed E-state index contributed by atoms with van der Waals surface area (Å²) in [5, 5.41) is 0. The van der Waals surface area contributed by atoms with Crippen LogP contribution in [0.3, 0.4) is 0 Å². The predicted molar refractivity (Wildman–Crippen MR) is 51.3 cm³/mol. The number of nitrogens with zero attached hydrogens (tertiary/aromatic N) is 1. The summed E-state index contributed by atoms with van der Waals surface area (Å²) in [6.07, 6.45) is 6.01. The second-order valence-corrected chi connectivity index (χ2v) is 2.67. The zero-order valence-electron chi connectivity index (χ0n) is 8.13. The first-order chi connectivity index (χ1) is 5.76. The molecule has 0 spiro atoms. The molecule has 2 nitrogen and oxygen atoms in total.